The maximum atomic E-state index is 12.9. The van der Waals surface area contributed by atoms with Gasteiger partial charge in [0.05, 0.1) is 23.4 Å². The fourth-order valence-corrected chi connectivity index (χ4v) is 4.58. The summed E-state index contributed by atoms with van der Waals surface area (Å²) in [6.45, 7) is 8.79. The molecule has 1 aromatic carbocycles. The van der Waals surface area contributed by atoms with E-state index >= 15 is 0 Å². The third-order valence-electron chi connectivity index (χ3n) is 4.94. The largest absolute Gasteiger partial charge is 0.379 e. The number of aromatic amines is 1. The molecule has 1 fully saturated rings. The van der Waals surface area contributed by atoms with E-state index in [1.165, 1.54) is 15.1 Å². The lowest BCUT2D eigenvalue weighted by Gasteiger charge is -2.26. The van der Waals surface area contributed by atoms with E-state index in [1.807, 2.05) is 12.1 Å². The van der Waals surface area contributed by atoms with Crippen LogP contribution in [-0.2, 0) is 17.8 Å². The molecule has 5 nitrogen and oxygen atoms in total. The van der Waals surface area contributed by atoms with E-state index in [-0.39, 0.29) is 5.91 Å². The summed E-state index contributed by atoms with van der Waals surface area (Å²) >= 11 is 1.75. The molecule has 0 unspecified atom stereocenters. The number of nitrogens with one attached hydrogen (secondary N) is 2. The molecule has 1 saturated heterocycles. The van der Waals surface area contributed by atoms with Crippen LogP contribution in [-0.4, -0.2) is 42.1 Å². The van der Waals surface area contributed by atoms with Crippen LogP contribution in [0.1, 0.15) is 32.1 Å². The van der Waals surface area contributed by atoms with Gasteiger partial charge in [-0.05, 0) is 25.5 Å². The van der Waals surface area contributed by atoms with Gasteiger partial charge >= 0.3 is 0 Å². The standard InChI is InChI=1S/C21H25N3O2S/c1-14-4-3-5-16(10-14)12-22-21(25)19-17(13-24-6-8-26-9-7-24)20-18(23-19)11-15(2)27-20/h3-5,10-11,23H,6-9,12-13H2,1-2H3,(H,22,25). The third kappa shape index (κ3) is 4.08. The van der Waals surface area contributed by atoms with Crippen molar-refractivity contribution in [1.82, 2.24) is 15.2 Å². The Kier molecular flexibility index (Phi) is 5.29. The Labute approximate surface area is 163 Å². The number of ether oxygens (including phenoxy) is 1. The molecule has 142 valence electrons. The number of amides is 1. The average Bonchev–Trinajstić information content (AvgIpc) is 3.18. The highest BCUT2D eigenvalue weighted by Gasteiger charge is 2.22. The fourth-order valence-electron chi connectivity index (χ4n) is 3.58. The minimum atomic E-state index is -0.0409. The van der Waals surface area contributed by atoms with Gasteiger partial charge in [-0.2, -0.15) is 0 Å². The number of H-pyrrole nitrogens is 1. The summed E-state index contributed by atoms with van der Waals surface area (Å²) in [7, 11) is 0. The molecular weight excluding hydrogens is 358 g/mol. The number of aromatic nitrogens is 1. The number of carbonyl (C=O) groups excluding carboxylic acids is 1. The van der Waals surface area contributed by atoms with Crippen LogP contribution in [0, 0.1) is 13.8 Å². The van der Waals surface area contributed by atoms with Gasteiger partial charge in [0, 0.05) is 36.6 Å². The molecular formula is C21H25N3O2S. The molecule has 2 aromatic heterocycles. The summed E-state index contributed by atoms with van der Waals surface area (Å²) in [5.41, 5.74) is 5.16. The van der Waals surface area contributed by atoms with Crippen molar-refractivity contribution in [3.05, 3.63) is 57.6 Å². The molecule has 3 heterocycles. The SMILES string of the molecule is Cc1cccc(CNC(=O)c2[nH]c3cc(C)sc3c2CN2CCOCC2)c1. The molecule has 3 aromatic rings. The third-order valence-corrected chi connectivity index (χ3v) is 6.05. The first-order chi connectivity index (χ1) is 13.1. The van der Waals surface area contributed by atoms with Crippen LogP contribution in [0.25, 0.3) is 10.2 Å². The Balaban J connectivity index is 1.56. The lowest BCUT2D eigenvalue weighted by molar-refractivity contribution is 0.0342. The van der Waals surface area contributed by atoms with E-state index in [4.69, 9.17) is 4.74 Å². The van der Waals surface area contributed by atoms with E-state index < -0.39 is 0 Å². The Morgan fingerprint density at radius 2 is 2.07 bits per heavy atom. The highest BCUT2D eigenvalue weighted by molar-refractivity contribution is 7.19. The molecule has 0 radical (unpaired) electrons. The Hall–Kier alpha value is -2.15. The predicted octanol–water partition coefficient (Wildman–Crippen LogP) is 3.61. The van der Waals surface area contributed by atoms with Gasteiger partial charge < -0.3 is 15.0 Å². The lowest BCUT2D eigenvalue weighted by Crippen LogP contribution is -2.36. The summed E-state index contributed by atoms with van der Waals surface area (Å²) < 4.78 is 6.65. The number of rotatable bonds is 5. The first kappa shape index (κ1) is 18.2. The molecule has 0 aliphatic carbocycles. The minimum Gasteiger partial charge on any atom is -0.379 e. The number of fused-ring (bicyclic) bond motifs is 1. The second kappa shape index (κ2) is 7.84. The van der Waals surface area contributed by atoms with Crippen molar-refractivity contribution in [3.8, 4) is 0 Å². The predicted molar refractivity (Wildman–Crippen MR) is 109 cm³/mol. The van der Waals surface area contributed by atoms with Crippen molar-refractivity contribution in [1.29, 1.82) is 0 Å². The average molecular weight is 384 g/mol. The summed E-state index contributed by atoms with van der Waals surface area (Å²) in [5.74, 6) is -0.0409. The molecule has 0 atom stereocenters. The molecule has 2 N–H and O–H groups in total. The van der Waals surface area contributed by atoms with E-state index in [0.29, 0.717) is 12.2 Å². The number of hydrogen-bond donors (Lipinski definition) is 2. The van der Waals surface area contributed by atoms with Crippen molar-refractivity contribution in [2.24, 2.45) is 0 Å². The van der Waals surface area contributed by atoms with Gasteiger partial charge in [0.15, 0.2) is 0 Å². The number of carbonyl (C=O) groups is 1. The molecule has 4 rings (SSSR count). The molecule has 0 saturated carbocycles. The highest BCUT2D eigenvalue weighted by atomic mass is 32.1. The van der Waals surface area contributed by atoms with Gasteiger partial charge in [0.25, 0.3) is 5.91 Å². The molecule has 0 spiro atoms. The van der Waals surface area contributed by atoms with E-state index in [9.17, 15) is 4.79 Å². The zero-order valence-corrected chi connectivity index (χ0v) is 16.6. The van der Waals surface area contributed by atoms with E-state index in [2.05, 4.69) is 47.2 Å². The summed E-state index contributed by atoms with van der Waals surface area (Å²) in [6, 6.07) is 10.4. The topological polar surface area (TPSA) is 57.4 Å². The summed E-state index contributed by atoms with van der Waals surface area (Å²) in [4.78, 5) is 19.9. The number of morpholine rings is 1. The number of nitrogens with zero attached hydrogens (tertiary/aromatic N) is 1. The first-order valence-corrected chi connectivity index (χ1v) is 10.2. The van der Waals surface area contributed by atoms with Gasteiger partial charge in [0.2, 0.25) is 0 Å². The van der Waals surface area contributed by atoms with Crippen LogP contribution in [0.5, 0.6) is 0 Å². The summed E-state index contributed by atoms with van der Waals surface area (Å²) in [5, 5.41) is 3.08. The fraction of sp³-hybridized carbons (Fsp3) is 0.381. The smallest absolute Gasteiger partial charge is 0.268 e. The van der Waals surface area contributed by atoms with Crippen molar-refractivity contribution in [2.45, 2.75) is 26.9 Å². The number of benzene rings is 1. The number of aryl methyl sites for hydroxylation is 2. The normalized spacial score (nSPS) is 15.3. The number of thiophene rings is 1. The van der Waals surface area contributed by atoms with Gasteiger partial charge in [-0.3, -0.25) is 9.69 Å². The number of hydrogen-bond acceptors (Lipinski definition) is 4. The van der Waals surface area contributed by atoms with Crippen LogP contribution in [0.2, 0.25) is 0 Å². The quantitative estimate of drug-likeness (QED) is 0.708. The zero-order valence-electron chi connectivity index (χ0n) is 15.8. The Morgan fingerprint density at radius 3 is 2.85 bits per heavy atom. The van der Waals surface area contributed by atoms with Crippen LogP contribution < -0.4 is 5.32 Å². The van der Waals surface area contributed by atoms with Gasteiger partial charge in [0.1, 0.15) is 5.69 Å². The molecule has 1 aliphatic rings. The van der Waals surface area contributed by atoms with Crippen LogP contribution in [0.4, 0.5) is 0 Å². The second-order valence-electron chi connectivity index (χ2n) is 7.14. The van der Waals surface area contributed by atoms with Crippen LogP contribution >= 0.6 is 11.3 Å². The summed E-state index contributed by atoms with van der Waals surface area (Å²) in [6.07, 6.45) is 0. The van der Waals surface area contributed by atoms with Crippen molar-refractivity contribution >= 4 is 27.5 Å². The first-order valence-electron chi connectivity index (χ1n) is 9.35. The second-order valence-corrected chi connectivity index (χ2v) is 8.39. The van der Waals surface area contributed by atoms with Gasteiger partial charge in [-0.1, -0.05) is 29.8 Å². The van der Waals surface area contributed by atoms with Crippen molar-refractivity contribution < 1.29 is 9.53 Å². The minimum absolute atomic E-state index is 0.0409. The molecule has 27 heavy (non-hydrogen) atoms. The zero-order chi connectivity index (χ0) is 18.8. The molecule has 0 bridgehead atoms. The maximum absolute atomic E-state index is 12.9. The Bertz CT molecular complexity index is 954. The van der Waals surface area contributed by atoms with E-state index in [0.717, 1.165) is 49.5 Å². The van der Waals surface area contributed by atoms with Gasteiger partial charge in [-0.15, -0.1) is 11.3 Å². The van der Waals surface area contributed by atoms with E-state index in [1.54, 1.807) is 11.3 Å². The molecule has 1 amide bonds. The highest BCUT2D eigenvalue weighted by Crippen LogP contribution is 2.31. The van der Waals surface area contributed by atoms with Crippen molar-refractivity contribution in [2.75, 3.05) is 26.3 Å². The van der Waals surface area contributed by atoms with Crippen LogP contribution in [0.15, 0.2) is 30.3 Å². The molecule has 6 heteroatoms. The van der Waals surface area contributed by atoms with Crippen LogP contribution in [0.3, 0.4) is 0 Å². The van der Waals surface area contributed by atoms with Crippen molar-refractivity contribution in [3.63, 3.8) is 0 Å². The Morgan fingerprint density at radius 1 is 1.26 bits per heavy atom. The maximum Gasteiger partial charge on any atom is 0.268 e. The monoisotopic (exact) mass is 383 g/mol. The lowest BCUT2D eigenvalue weighted by atomic mass is 10.1. The van der Waals surface area contributed by atoms with Gasteiger partial charge in [-0.25, -0.2) is 0 Å². The molecule has 1 aliphatic heterocycles.